The Balaban J connectivity index is 3.12. The first-order valence-corrected chi connectivity index (χ1v) is 4.53. The third-order valence-corrected chi connectivity index (χ3v) is 2.30. The van der Waals surface area contributed by atoms with Crippen LogP contribution in [0.3, 0.4) is 0 Å². The molecule has 8 heteroatoms. The molecular weight excluding hydrogens is 279 g/mol. The highest BCUT2D eigenvalue weighted by atomic mass is 79.9. The molecule has 0 aromatic carbocycles. The summed E-state index contributed by atoms with van der Waals surface area (Å²) in [6.45, 7) is 0.0293. The van der Waals surface area contributed by atoms with Gasteiger partial charge in [-0.15, -0.1) is 13.2 Å². The first kappa shape index (κ1) is 12.1. The van der Waals surface area contributed by atoms with Crippen molar-refractivity contribution in [3.05, 3.63) is 16.1 Å². The van der Waals surface area contributed by atoms with Crippen LogP contribution in [0, 0.1) is 0 Å². The lowest BCUT2D eigenvalue weighted by molar-refractivity contribution is -0.276. The van der Waals surface area contributed by atoms with Gasteiger partial charge in [0.2, 0.25) is 5.88 Å². The Hall–Kier alpha value is -1.02. The van der Waals surface area contributed by atoms with E-state index in [1.807, 2.05) is 0 Å². The molecule has 0 saturated heterocycles. The van der Waals surface area contributed by atoms with E-state index in [9.17, 15) is 13.2 Å². The number of nitrogens with two attached hydrogens (primary N) is 2. The van der Waals surface area contributed by atoms with Gasteiger partial charge < -0.3 is 16.2 Å². The summed E-state index contributed by atoms with van der Waals surface area (Å²) in [5.74, 6) is -0.721. The lowest BCUT2D eigenvalue weighted by Gasteiger charge is -2.12. The smallest absolute Gasteiger partial charge is 0.387 e. The second-order valence-electron chi connectivity index (χ2n) is 2.58. The van der Waals surface area contributed by atoms with Crippen molar-refractivity contribution in [3.63, 3.8) is 0 Å². The minimum absolute atomic E-state index is 0.0293. The first-order valence-electron chi connectivity index (χ1n) is 3.74. The lowest BCUT2D eigenvalue weighted by atomic mass is 10.2. The quantitative estimate of drug-likeness (QED) is 0.869. The average molecular weight is 286 g/mol. The standard InChI is InChI=1S/C7H7BrF3N3O/c8-5-3(2-12)1-4(13)14-6(5)15-7(9,10)11/h1H,2,12H2,(H2,13,14). The van der Waals surface area contributed by atoms with Crippen LogP contribution in [-0.2, 0) is 6.54 Å². The molecule has 84 valence electrons. The molecule has 0 spiro atoms. The fourth-order valence-electron chi connectivity index (χ4n) is 0.904. The number of hydrogen-bond donors (Lipinski definition) is 2. The number of rotatable bonds is 2. The summed E-state index contributed by atoms with van der Waals surface area (Å²) >= 11 is 2.91. The third-order valence-electron chi connectivity index (χ3n) is 1.45. The Morgan fingerprint density at radius 1 is 1.47 bits per heavy atom. The van der Waals surface area contributed by atoms with Crippen LogP contribution < -0.4 is 16.2 Å². The Kier molecular flexibility index (Phi) is 3.40. The summed E-state index contributed by atoms with van der Waals surface area (Å²) in [5, 5.41) is 0. The van der Waals surface area contributed by atoms with Gasteiger partial charge in [-0.05, 0) is 27.6 Å². The summed E-state index contributed by atoms with van der Waals surface area (Å²) < 4.78 is 39.5. The highest BCUT2D eigenvalue weighted by Gasteiger charge is 2.33. The van der Waals surface area contributed by atoms with Crippen molar-refractivity contribution in [2.75, 3.05) is 5.73 Å². The Morgan fingerprint density at radius 3 is 2.53 bits per heavy atom. The first-order chi connectivity index (χ1) is 6.83. The van der Waals surface area contributed by atoms with Crippen LogP contribution in [-0.4, -0.2) is 11.3 Å². The number of halogens is 4. The number of anilines is 1. The molecule has 0 unspecified atom stereocenters. The van der Waals surface area contributed by atoms with Crippen molar-refractivity contribution in [3.8, 4) is 5.88 Å². The van der Waals surface area contributed by atoms with Crippen molar-refractivity contribution in [1.29, 1.82) is 0 Å². The molecule has 0 saturated carbocycles. The average Bonchev–Trinajstić information content (AvgIpc) is 2.08. The third kappa shape index (κ3) is 3.24. The second-order valence-corrected chi connectivity index (χ2v) is 3.37. The maximum absolute atomic E-state index is 11.9. The molecule has 15 heavy (non-hydrogen) atoms. The van der Waals surface area contributed by atoms with Gasteiger partial charge in [0, 0.05) is 6.54 Å². The highest BCUT2D eigenvalue weighted by molar-refractivity contribution is 9.10. The number of ether oxygens (including phenoxy) is 1. The Morgan fingerprint density at radius 2 is 2.07 bits per heavy atom. The van der Waals surface area contributed by atoms with Gasteiger partial charge in [-0.3, -0.25) is 0 Å². The maximum atomic E-state index is 11.9. The zero-order valence-electron chi connectivity index (χ0n) is 7.31. The molecule has 1 aromatic heterocycles. The van der Waals surface area contributed by atoms with Crippen LogP contribution in [0.15, 0.2) is 10.5 Å². The molecule has 4 N–H and O–H groups in total. The maximum Gasteiger partial charge on any atom is 0.574 e. The summed E-state index contributed by atoms with van der Waals surface area (Å²) in [6, 6.07) is 1.37. The molecule has 0 amide bonds. The van der Waals surface area contributed by atoms with Crippen LogP contribution in [0.2, 0.25) is 0 Å². The van der Waals surface area contributed by atoms with Gasteiger partial charge in [-0.2, -0.15) is 4.98 Å². The van der Waals surface area contributed by atoms with Crippen LogP contribution in [0.4, 0.5) is 19.0 Å². The van der Waals surface area contributed by atoms with Gasteiger partial charge in [0.15, 0.2) is 0 Å². The number of nitrogen functional groups attached to an aromatic ring is 1. The predicted octanol–water partition coefficient (Wildman–Crippen LogP) is 1.78. The number of aromatic nitrogens is 1. The summed E-state index contributed by atoms with van der Waals surface area (Å²) in [7, 11) is 0. The molecule has 0 aliphatic heterocycles. The molecule has 0 fully saturated rings. The molecule has 0 radical (unpaired) electrons. The van der Waals surface area contributed by atoms with Crippen molar-refractivity contribution >= 4 is 21.7 Å². The van der Waals surface area contributed by atoms with Crippen molar-refractivity contribution in [2.45, 2.75) is 12.9 Å². The molecule has 4 nitrogen and oxygen atoms in total. The topological polar surface area (TPSA) is 74.2 Å². The van der Waals surface area contributed by atoms with Gasteiger partial charge in [-0.25, -0.2) is 0 Å². The lowest BCUT2D eigenvalue weighted by Crippen LogP contribution is -2.19. The zero-order chi connectivity index (χ0) is 11.6. The minimum Gasteiger partial charge on any atom is -0.387 e. The monoisotopic (exact) mass is 285 g/mol. The molecule has 0 atom stereocenters. The van der Waals surface area contributed by atoms with Crippen LogP contribution >= 0.6 is 15.9 Å². The zero-order valence-corrected chi connectivity index (χ0v) is 8.89. The van der Waals surface area contributed by atoms with E-state index < -0.39 is 12.2 Å². The van der Waals surface area contributed by atoms with E-state index in [0.29, 0.717) is 5.56 Å². The highest BCUT2D eigenvalue weighted by Crippen LogP contribution is 2.32. The van der Waals surface area contributed by atoms with Gasteiger partial charge in [-0.1, -0.05) is 0 Å². The summed E-state index contributed by atoms with van der Waals surface area (Å²) in [5.41, 5.74) is 11.0. The fourth-order valence-corrected chi connectivity index (χ4v) is 1.35. The molecule has 0 aliphatic rings. The summed E-state index contributed by atoms with van der Waals surface area (Å²) in [6.07, 6.45) is -4.81. The fraction of sp³-hybridized carbons (Fsp3) is 0.286. The van der Waals surface area contributed by atoms with E-state index >= 15 is 0 Å². The van der Waals surface area contributed by atoms with Crippen LogP contribution in [0.1, 0.15) is 5.56 Å². The van der Waals surface area contributed by atoms with E-state index in [1.54, 1.807) is 0 Å². The van der Waals surface area contributed by atoms with Crippen LogP contribution in [0.25, 0.3) is 0 Å². The molecule has 1 rings (SSSR count). The van der Waals surface area contributed by atoms with E-state index in [0.717, 1.165) is 0 Å². The van der Waals surface area contributed by atoms with E-state index in [2.05, 4.69) is 25.7 Å². The molecule has 0 bridgehead atoms. The largest absolute Gasteiger partial charge is 0.574 e. The molecule has 1 heterocycles. The number of hydrogen-bond acceptors (Lipinski definition) is 4. The van der Waals surface area contributed by atoms with Gasteiger partial charge in [0.1, 0.15) is 5.82 Å². The van der Waals surface area contributed by atoms with Crippen LogP contribution in [0.5, 0.6) is 5.88 Å². The minimum atomic E-state index is -4.81. The predicted molar refractivity (Wildman–Crippen MR) is 50.9 cm³/mol. The van der Waals surface area contributed by atoms with E-state index in [-0.39, 0.29) is 16.8 Å². The summed E-state index contributed by atoms with van der Waals surface area (Å²) in [4.78, 5) is 3.40. The SMILES string of the molecule is NCc1cc(N)nc(OC(F)(F)F)c1Br. The normalized spacial score (nSPS) is 11.5. The molecule has 1 aromatic rings. The number of nitrogens with zero attached hydrogens (tertiary/aromatic N) is 1. The van der Waals surface area contributed by atoms with E-state index in [1.165, 1.54) is 6.07 Å². The van der Waals surface area contributed by atoms with Gasteiger partial charge >= 0.3 is 6.36 Å². The van der Waals surface area contributed by atoms with Crippen molar-refractivity contribution in [1.82, 2.24) is 4.98 Å². The molecule has 0 aliphatic carbocycles. The Bertz CT molecular complexity index is 369. The van der Waals surface area contributed by atoms with Crippen molar-refractivity contribution in [2.24, 2.45) is 5.73 Å². The van der Waals surface area contributed by atoms with Crippen molar-refractivity contribution < 1.29 is 17.9 Å². The number of alkyl halides is 3. The number of pyridine rings is 1. The Labute approximate surface area is 91.5 Å². The molecular formula is C7H7BrF3N3O. The second kappa shape index (κ2) is 4.23. The van der Waals surface area contributed by atoms with Gasteiger partial charge in [0.05, 0.1) is 4.47 Å². The van der Waals surface area contributed by atoms with Gasteiger partial charge in [0.25, 0.3) is 0 Å². The van der Waals surface area contributed by atoms with E-state index in [4.69, 9.17) is 11.5 Å².